The molecule has 0 amide bonds. The lowest BCUT2D eigenvalue weighted by atomic mass is 10.0. The molecule has 1 aromatic heterocycles. The Bertz CT molecular complexity index is 364. The lowest BCUT2D eigenvalue weighted by Crippen LogP contribution is -2.23. The maximum absolute atomic E-state index is 4.48. The summed E-state index contributed by atoms with van der Waals surface area (Å²) in [4.78, 5) is 11.3. The van der Waals surface area contributed by atoms with Crippen LogP contribution in [0.15, 0.2) is 12.4 Å². The SMILES string of the molecule is CNCc1cnc(N2CC3CCCC3C2)nc1. The largest absolute Gasteiger partial charge is 0.340 e. The molecule has 2 aliphatic rings. The summed E-state index contributed by atoms with van der Waals surface area (Å²) in [7, 11) is 1.94. The van der Waals surface area contributed by atoms with Gasteiger partial charge in [0.15, 0.2) is 0 Å². The molecule has 1 N–H and O–H groups in total. The van der Waals surface area contributed by atoms with E-state index in [0.29, 0.717) is 0 Å². The third kappa shape index (κ3) is 2.14. The molecule has 0 bridgehead atoms. The number of aromatic nitrogens is 2. The number of hydrogen-bond donors (Lipinski definition) is 1. The Morgan fingerprint density at radius 3 is 2.47 bits per heavy atom. The van der Waals surface area contributed by atoms with E-state index in [9.17, 15) is 0 Å². The quantitative estimate of drug-likeness (QED) is 0.856. The molecule has 2 heterocycles. The standard InChI is InChI=1S/C13H20N4/c1-14-5-10-6-15-13(16-7-10)17-8-11-3-2-4-12(11)9-17/h6-7,11-12,14H,2-5,8-9H2,1H3. The Hall–Kier alpha value is -1.16. The summed E-state index contributed by atoms with van der Waals surface area (Å²) in [6, 6.07) is 0. The van der Waals surface area contributed by atoms with Gasteiger partial charge in [-0.3, -0.25) is 0 Å². The van der Waals surface area contributed by atoms with Gasteiger partial charge in [-0.1, -0.05) is 6.42 Å². The molecule has 3 rings (SSSR count). The topological polar surface area (TPSA) is 41.1 Å². The van der Waals surface area contributed by atoms with Crippen LogP contribution in [0.3, 0.4) is 0 Å². The van der Waals surface area contributed by atoms with Crippen molar-refractivity contribution in [1.82, 2.24) is 15.3 Å². The number of fused-ring (bicyclic) bond motifs is 1. The summed E-state index contributed by atoms with van der Waals surface area (Å²) >= 11 is 0. The molecule has 92 valence electrons. The van der Waals surface area contributed by atoms with Crippen molar-refractivity contribution in [2.45, 2.75) is 25.8 Å². The van der Waals surface area contributed by atoms with Gasteiger partial charge in [-0.15, -0.1) is 0 Å². The van der Waals surface area contributed by atoms with Gasteiger partial charge in [-0.05, 0) is 31.7 Å². The number of anilines is 1. The van der Waals surface area contributed by atoms with Crippen LogP contribution in [0, 0.1) is 11.8 Å². The molecular formula is C13H20N4. The molecule has 0 spiro atoms. The highest BCUT2D eigenvalue weighted by Gasteiger charge is 2.36. The number of nitrogens with zero attached hydrogens (tertiary/aromatic N) is 3. The van der Waals surface area contributed by atoms with Gasteiger partial charge in [0.05, 0.1) is 0 Å². The molecule has 2 atom stereocenters. The van der Waals surface area contributed by atoms with Gasteiger partial charge in [-0.2, -0.15) is 0 Å². The molecule has 1 aromatic rings. The molecule has 0 aromatic carbocycles. The first kappa shape index (κ1) is 11.0. The van der Waals surface area contributed by atoms with Crippen molar-refractivity contribution in [3.8, 4) is 0 Å². The monoisotopic (exact) mass is 232 g/mol. The Balaban J connectivity index is 1.68. The van der Waals surface area contributed by atoms with Crippen molar-refractivity contribution in [3.63, 3.8) is 0 Å². The summed E-state index contributed by atoms with van der Waals surface area (Å²) in [5.74, 6) is 2.71. The predicted molar refractivity (Wildman–Crippen MR) is 67.8 cm³/mol. The predicted octanol–water partition coefficient (Wildman–Crippen LogP) is 1.43. The van der Waals surface area contributed by atoms with E-state index in [-0.39, 0.29) is 0 Å². The molecule has 1 aliphatic carbocycles. The number of nitrogens with one attached hydrogen (secondary N) is 1. The minimum atomic E-state index is 0.839. The van der Waals surface area contributed by atoms with Crippen LogP contribution in [0.1, 0.15) is 24.8 Å². The van der Waals surface area contributed by atoms with E-state index in [0.717, 1.165) is 43.0 Å². The first-order valence-corrected chi connectivity index (χ1v) is 6.57. The van der Waals surface area contributed by atoms with E-state index in [1.54, 1.807) is 0 Å². The summed E-state index contributed by atoms with van der Waals surface area (Å²) in [6.07, 6.45) is 8.10. The molecule has 0 radical (unpaired) electrons. The third-order valence-corrected chi connectivity index (χ3v) is 4.08. The Kier molecular flexibility index (Phi) is 2.97. The van der Waals surface area contributed by atoms with Gasteiger partial charge >= 0.3 is 0 Å². The van der Waals surface area contributed by atoms with Crippen LogP contribution in [-0.2, 0) is 6.54 Å². The fraction of sp³-hybridized carbons (Fsp3) is 0.692. The average Bonchev–Trinajstić information content (AvgIpc) is 2.90. The second-order valence-corrected chi connectivity index (χ2v) is 5.28. The van der Waals surface area contributed by atoms with Gasteiger partial charge in [0, 0.05) is 37.6 Å². The highest BCUT2D eigenvalue weighted by molar-refractivity contribution is 5.32. The molecule has 2 unspecified atom stereocenters. The highest BCUT2D eigenvalue weighted by Crippen LogP contribution is 2.38. The van der Waals surface area contributed by atoms with Crippen LogP contribution in [0.25, 0.3) is 0 Å². The summed E-state index contributed by atoms with van der Waals surface area (Å²) in [5.41, 5.74) is 1.15. The van der Waals surface area contributed by atoms with Crippen LogP contribution in [0.5, 0.6) is 0 Å². The summed E-state index contributed by atoms with van der Waals surface area (Å²) in [6.45, 7) is 3.16. The smallest absolute Gasteiger partial charge is 0.225 e. The van der Waals surface area contributed by atoms with Gasteiger partial charge in [-0.25, -0.2) is 9.97 Å². The van der Waals surface area contributed by atoms with Gasteiger partial charge in [0.1, 0.15) is 0 Å². The first-order valence-electron chi connectivity index (χ1n) is 6.57. The van der Waals surface area contributed by atoms with Crippen molar-refractivity contribution in [2.75, 3.05) is 25.0 Å². The fourth-order valence-electron chi connectivity index (χ4n) is 3.21. The normalized spacial score (nSPS) is 27.5. The lowest BCUT2D eigenvalue weighted by molar-refractivity contribution is 0.494. The molecule has 4 nitrogen and oxygen atoms in total. The molecule has 17 heavy (non-hydrogen) atoms. The maximum Gasteiger partial charge on any atom is 0.225 e. The van der Waals surface area contributed by atoms with Crippen LogP contribution in [0.2, 0.25) is 0 Å². The fourth-order valence-corrected chi connectivity index (χ4v) is 3.21. The van der Waals surface area contributed by atoms with E-state index >= 15 is 0 Å². The molecule has 1 aliphatic heterocycles. The minimum Gasteiger partial charge on any atom is -0.340 e. The van der Waals surface area contributed by atoms with Crippen LogP contribution >= 0.6 is 0 Å². The zero-order valence-electron chi connectivity index (χ0n) is 10.4. The van der Waals surface area contributed by atoms with E-state index in [1.807, 2.05) is 19.4 Å². The van der Waals surface area contributed by atoms with Crippen molar-refractivity contribution < 1.29 is 0 Å². The Morgan fingerprint density at radius 1 is 1.24 bits per heavy atom. The number of rotatable bonds is 3. The van der Waals surface area contributed by atoms with Crippen LogP contribution < -0.4 is 10.2 Å². The lowest BCUT2D eigenvalue weighted by Gasteiger charge is -2.16. The van der Waals surface area contributed by atoms with Gasteiger partial charge < -0.3 is 10.2 Å². The summed E-state index contributed by atoms with van der Waals surface area (Å²) in [5, 5.41) is 3.11. The Morgan fingerprint density at radius 2 is 1.88 bits per heavy atom. The number of hydrogen-bond acceptors (Lipinski definition) is 4. The molecule has 4 heteroatoms. The van der Waals surface area contributed by atoms with Crippen LogP contribution in [0.4, 0.5) is 5.95 Å². The second kappa shape index (κ2) is 4.61. The van der Waals surface area contributed by atoms with E-state index in [2.05, 4.69) is 20.2 Å². The molecule has 2 fully saturated rings. The Labute approximate surface area is 102 Å². The van der Waals surface area contributed by atoms with E-state index in [1.165, 1.54) is 19.3 Å². The zero-order chi connectivity index (χ0) is 11.7. The summed E-state index contributed by atoms with van der Waals surface area (Å²) < 4.78 is 0. The van der Waals surface area contributed by atoms with Crippen molar-refractivity contribution in [3.05, 3.63) is 18.0 Å². The average molecular weight is 232 g/mol. The van der Waals surface area contributed by atoms with E-state index < -0.39 is 0 Å². The first-order chi connectivity index (χ1) is 8.36. The molecule has 1 saturated heterocycles. The van der Waals surface area contributed by atoms with Crippen molar-refractivity contribution in [1.29, 1.82) is 0 Å². The van der Waals surface area contributed by atoms with Gasteiger partial charge in [0.25, 0.3) is 0 Å². The second-order valence-electron chi connectivity index (χ2n) is 5.28. The van der Waals surface area contributed by atoms with E-state index in [4.69, 9.17) is 0 Å². The van der Waals surface area contributed by atoms with Crippen LogP contribution in [-0.4, -0.2) is 30.1 Å². The molecule has 1 saturated carbocycles. The zero-order valence-corrected chi connectivity index (χ0v) is 10.4. The van der Waals surface area contributed by atoms with Crippen molar-refractivity contribution in [2.24, 2.45) is 11.8 Å². The van der Waals surface area contributed by atoms with Crippen molar-refractivity contribution >= 4 is 5.95 Å². The maximum atomic E-state index is 4.48. The third-order valence-electron chi connectivity index (χ3n) is 4.08. The highest BCUT2D eigenvalue weighted by atomic mass is 15.3. The molecular weight excluding hydrogens is 212 g/mol. The van der Waals surface area contributed by atoms with Gasteiger partial charge in [0.2, 0.25) is 5.95 Å². The minimum absolute atomic E-state index is 0.839.